The van der Waals surface area contributed by atoms with Crippen LogP contribution < -0.4 is 10.2 Å². The predicted octanol–water partition coefficient (Wildman–Crippen LogP) is 4.03. The molecular weight excluding hydrogens is 471 g/mol. The second-order valence-corrected chi connectivity index (χ2v) is 7.55. The highest BCUT2D eigenvalue weighted by Crippen LogP contribution is 2.32. The normalized spacial score (nSPS) is 15.6. The number of carboxylic acid groups (broad SMARTS) is 1. The lowest BCUT2D eigenvalue weighted by Crippen LogP contribution is -2.54. The topological polar surface area (TPSA) is 91.6 Å². The van der Waals surface area contributed by atoms with Gasteiger partial charge in [-0.25, -0.2) is 4.79 Å². The number of aromatic nitrogens is 1. The number of alkyl halides is 3. The van der Waals surface area contributed by atoms with E-state index in [1.807, 2.05) is 0 Å². The van der Waals surface area contributed by atoms with Crippen LogP contribution in [0.1, 0.15) is 21.6 Å². The van der Waals surface area contributed by atoms with E-state index in [-0.39, 0.29) is 21.9 Å². The van der Waals surface area contributed by atoms with Crippen LogP contribution in [-0.4, -0.2) is 32.6 Å². The van der Waals surface area contributed by atoms with E-state index in [2.05, 4.69) is 5.32 Å². The number of halogens is 3. The number of carbonyl (C=O) groups is 3. The van der Waals surface area contributed by atoms with Gasteiger partial charge in [-0.3, -0.25) is 19.8 Å². The van der Waals surface area contributed by atoms with Gasteiger partial charge in [0.15, 0.2) is 5.11 Å². The first kappa shape index (κ1) is 22.9. The maximum atomic E-state index is 13.2. The second-order valence-electron chi connectivity index (χ2n) is 7.16. The van der Waals surface area contributed by atoms with Gasteiger partial charge < -0.3 is 9.67 Å². The van der Waals surface area contributed by atoms with Crippen LogP contribution in [0.4, 0.5) is 18.9 Å². The van der Waals surface area contributed by atoms with Crippen molar-refractivity contribution in [2.75, 3.05) is 4.90 Å². The standard InChI is InChI=1S/C23H14F3N3O4S/c24-23(25,26)14-5-2-7-17(11-14)29-20(31)18(19(30)27-22(29)34)12-16-8-3-9-28(16)15-6-1-4-13(10-15)21(32)33/h1-12H,(H,32,33)(H,27,30,34)/b18-12+. The summed E-state index contributed by atoms with van der Waals surface area (Å²) in [6.45, 7) is 0. The van der Waals surface area contributed by atoms with E-state index in [4.69, 9.17) is 12.2 Å². The lowest BCUT2D eigenvalue weighted by atomic mass is 10.1. The van der Waals surface area contributed by atoms with Crippen molar-refractivity contribution in [1.29, 1.82) is 0 Å². The Morgan fingerprint density at radius 1 is 1.00 bits per heavy atom. The van der Waals surface area contributed by atoms with Crippen LogP contribution in [0.2, 0.25) is 0 Å². The van der Waals surface area contributed by atoms with Crippen molar-refractivity contribution in [2.45, 2.75) is 6.18 Å². The Labute approximate surface area is 195 Å². The molecule has 4 rings (SSSR count). The van der Waals surface area contributed by atoms with Crippen molar-refractivity contribution in [3.8, 4) is 5.69 Å². The molecule has 34 heavy (non-hydrogen) atoms. The largest absolute Gasteiger partial charge is 0.478 e. The van der Waals surface area contributed by atoms with Crippen molar-refractivity contribution in [3.63, 3.8) is 0 Å². The highest BCUT2D eigenvalue weighted by molar-refractivity contribution is 7.80. The highest BCUT2D eigenvalue weighted by Gasteiger charge is 2.36. The molecule has 172 valence electrons. The minimum atomic E-state index is -4.64. The molecule has 1 saturated heterocycles. The fraction of sp³-hybridized carbons (Fsp3) is 0.0435. The van der Waals surface area contributed by atoms with E-state index in [9.17, 15) is 32.7 Å². The summed E-state index contributed by atoms with van der Waals surface area (Å²) in [6, 6.07) is 13.2. The SMILES string of the molecule is O=C1NC(=S)N(c2cccc(C(F)(F)F)c2)C(=O)/C1=C/c1cccn1-c1cccc(C(=O)O)c1. The number of carbonyl (C=O) groups excluding carboxylic acids is 2. The summed E-state index contributed by atoms with van der Waals surface area (Å²) < 4.78 is 41.0. The number of nitrogens with zero attached hydrogens (tertiary/aromatic N) is 2. The maximum absolute atomic E-state index is 13.2. The van der Waals surface area contributed by atoms with Gasteiger partial charge in [-0.05, 0) is 66.8 Å². The molecule has 0 atom stereocenters. The third-order valence-corrected chi connectivity index (χ3v) is 5.26. The van der Waals surface area contributed by atoms with E-state index < -0.39 is 29.5 Å². The Bertz CT molecular complexity index is 1380. The van der Waals surface area contributed by atoms with Gasteiger partial charge in [0.2, 0.25) is 0 Å². The number of thiocarbonyl (C=S) groups is 1. The van der Waals surface area contributed by atoms with Crippen LogP contribution in [0.3, 0.4) is 0 Å². The minimum Gasteiger partial charge on any atom is -0.478 e. The molecule has 2 amide bonds. The molecule has 3 aromatic rings. The van der Waals surface area contributed by atoms with Gasteiger partial charge >= 0.3 is 12.1 Å². The number of nitrogens with one attached hydrogen (secondary N) is 1. The average Bonchev–Trinajstić information content (AvgIpc) is 3.24. The molecule has 1 aliphatic rings. The molecule has 2 aromatic carbocycles. The van der Waals surface area contributed by atoms with Crippen LogP contribution in [0.15, 0.2) is 72.4 Å². The Morgan fingerprint density at radius 2 is 1.71 bits per heavy atom. The first-order valence-corrected chi connectivity index (χ1v) is 10.1. The first-order chi connectivity index (χ1) is 16.1. The lowest BCUT2D eigenvalue weighted by Gasteiger charge is -2.29. The number of amides is 2. The highest BCUT2D eigenvalue weighted by atomic mass is 32.1. The van der Waals surface area contributed by atoms with Gasteiger partial charge in [0.1, 0.15) is 5.57 Å². The molecule has 1 fully saturated rings. The monoisotopic (exact) mass is 485 g/mol. The number of carboxylic acids is 1. The molecule has 11 heteroatoms. The molecule has 1 aromatic heterocycles. The van der Waals surface area contributed by atoms with E-state index in [1.54, 1.807) is 35.0 Å². The van der Waals surface area contributed by atoms with E-state index in [0.717, 1.165) is 23.1 Å². The molecule has 0 spiro atoms. The quantitative estimate of drug-likeness (QED) is 0.331. The fourth-order valence-electron chi connectivity index (χ4n) is 3.40. The predicted molar refractivity (Wildman–Crippen MR) is 120 cm³/mol. The summed E-state index contributed by atoms with van der Waals surface area (Å²) >= 11 is 5.05. The number of anilines is 1. The molecule has 7 nitrogen and oxygen atoms in total. The van der Waals surface area contributed by atoms with Gasteiger partial charge in [-0.1, -0.05) is 12.1 Å². The maximum Gasteiger partial charge on any atom is 0.416 e. The van der Waals surface area contributed by atoms with Crippen LogP contribution in [0.5, 0.6) is 0 Å². The van der Waals surface area contributed by atoms with Crippen LogP contribution in [0.25, 0.3) is 11.8 Å². The van der Waals surface area contributed by atoms with E-state index in [0.29, 0.717) is 11.4 Å². The molecule has 1 aliphatic heterocycles. The van der Waals surface area contributed by atoms with Crippen LogP contribution in [0, 0.1) is 0 Å². The summed E-state index contributed by atoms with van der Waals surface area (Å²) in [7, 11) is 0. The molecule has 2 heterocycles. The molecule has 0 bridgehead atoms. The third kappa shape index (κ3) is 4.33. The van der Waals surface area contributed by atoms with Crippen LogP contribution >= 0.6 is 12.2 Å². The number of hydrogen-bond donors (Lipinski definition) is 2. The molecule has 0 saturated carbocycles. The van der Waals surface area contributed by atoms with Gasteiger partial charge in [0, 0.05) is 17.6 Å². The Hall–Kier alpha value is -4.25. The van der Waals surface area contributed by atoms with Gasteiger partial charge in [-0.2, -0.15) is 13.2 Å². The summed E-state index contributed by atoms with van der Waals surface area (Å²) in [5, 5.41) is 11.2. The Morgan fingerprint density at radius 3 is 2.41 bits per heavy atom. The number of aromatic carboxylic acids is 1. The van der Waals surface area contributed by atoms with Crippen LogP contribution in [-0.2, 0) is 15.8 Å². The summed E-state index contributed by atoms with van der Waals surface area (Å²) in [5.41, 5.74) is -0.628. The van der Waals surface area contributed by atoms with Crippen molar-refractivity contribution in [3.05, 3.63) is 89.3 Å². The minimum absolute atomic E-state index is 0.0392. The second kappa shape index (κ2) is 8.60. The molecule has 0 radical (unpaired) electrons. The van der Waals surface area contributed by atoms with E-state index in [1.165, 1.54) is 24.3 Å². The van der Waals surface area contributed by atoms with Gasteiger partial charge in [0.05, 0.1) is 16.8 Å². The lowest BCUT2D eigenvalue weighted by molar-refractivity contribution is -0.137. The molecule has 0 aliphatic carbocycles. The third-order valence-electron chi connectivity index (χ3n) is 4.98. The Balaban J connectivity index is 1.75. The number of hydrogen-bond acceptors (Lipinski definition) is 4. The zero-order valence-electron chi connectivity index (χ0n) is 17.0. The molecular formula is C23H14F3N3O4S. The zero-order valence-corrected chi connectivity index (χ0v) is 17.9. The zero-order chi connectivity index (χ0) is 24.6. The molecule has 0 unspecified atom stereocenters. The van der Waals surface area contributed by atoms with Gasteiger partial charge in [-0.15, -0.1) is 0 Å². The van der Waals surface area contributed by atoms with Crippen molar-refractivity contribution >= 4 is 46.9 Å². The molecule has 2 N–H and O–H groups in total. The number of benzene rings is 2. The fourth-order valence-corrected chi connectivity index (χ4v) is 3.68. The summed E-state index contributed by atoms with van der Waals surface area (Å²) in [6.07, 6.45) is -1.77. The first-order valence-electron chi connectivity index (χ1n) is 9.66. The van der Waals surface area contributed by atoms with Gasteiger partial charge in [0.25, 0.3) is 11.8 Å². The van der Waals surface area contributed by atoms with E-state index >= 15 is 0 Å². The summed E-state index contributed by atoms with van der Waals surface area (Å²) in [5.74, 6) is -2.84. The Kier molecular flexibility index (Phi) is 5.80. The summed E-state index contributed by atoms with van der Waals surface area (Å²) in [4.78, 5) is 37.8. The smallest absolute Gasteiger partial charge is 0.416 e. The van der Waals surface area contributed by atoms with Crippen molar-refractivity contribution in [1.82, 2.24) is 9.88 Å². The van der Waals surface area contributed by atoms with Crippen molar-refractivity contribution < 1.29 is 32.7 Å². The number of rotatable bonds is 4. The van der Waals surface area contributed by atoms with Crippen molar-refractivity contribution in [2.24, 2.45) is 0 Å². The average molecular weight is 485 g/mol.